The van der Waals surface area contributed by atoms with Gasteiger partial charge in [-0.3, -0.25) is 0 Å². The largest absolute Gasteiger partial charge is 0.364 e. The Kier molecular flexibility index (Phi) is 5.17. The van der Waals surface area contributed by atoms with Crippen LogP contribution in [0.1, 0.15) is 22.4 Å². The summed E-state index contributed by atoms with van der Waals surface area (Å²) in [6.45, 7) is 3.02. The average Bonchev–Trinajstić information content (AvgIpc) is 3.30. The molecule has 1 aliphatic heterocycles. The Morgan fingerprint density at radius 2 is 2.21 bits per heavy atom. The molecule has 9 heteroatoms. The van der Waals surface area contributed by atoms with Crippen molar-refractivity contribution in [3.05, 3.63) is 64.6 Å². The number of sulfonamides is 1. The highest BCUT2D eigenvalue weighted by Crippen LogP contribution is 2.30. The van der Waals surface area contributed by atoms with Gasteiger partial charge in [-0.1, -0.05) is 0 Å². The smallest absolute Gasteiger partial charge is 0.250 e. The van der Waals surface area contributed by atoms with Crippen molar-refractivity contribution in [3.8, 4) is 6.07 Å². The van der Waals surface area contributed by atoms with Crippen LogP contribution in [0.25, 0.3) is 0 Å². The zero-order valence-electron chi connectivity index (χ0n) is 16.2. The van der Waals surface area contributed by atoms with Gasteiger partial charge in [0, 0.05) is 31.5 Å². The molecule has 0 spiro atoms. The molecule has 2 aromatic heterocycles. The fraction of sp³-hybridized carbons (Fsp3) is 0.300. The zero-order valence-corrected chi connectivity index (χ0v) is 17.8. The molecule has 0 radical (unpaired) electrons. The van der Waals surface area contributed by atoms with Crippen LogP contribution >= 0.6 is 11.3 Å². The standard InChI is InChI=1S/C20H21N5O2S2/c1-14-5-20(28-12-14)29(26,27)23-17-7-16-6-15(8-21)3-4-19(16)25(10-17)11-18-9-22-13-24(18)2/h3-6,9,12-13,17,23H,7,10-11H2,1-2H3. The van der Waals surface area contributed by atoms with E-state index in [0.717, 1.165) is 22.5 Å². The van der Waals surface area contributed by atoms with E-state index in [1.165, 1.54) is 11.3 Å². The second-order valence-corrected chi connectivity index (χ2v) is 10.1. The molecule has 150 valence electrons. The molecule has 7 nitrogen and oxygen atoms in total. The summed E-state index contributed by atoms with van der Waals surface area (Å²) in [4.78, 5) is 6.32. The number of nitrogens with zero attached hydrogens (tertiary/aromatic N) is 4. The Bertz CT molecular complexity index is 1190. The quantitative estimate of drug-likeness (QED) is 0.676. The SMILES string of the molecule is Cc1csc(S(=O)(=O)NC2Cc3cc(C#N)ccc3N(Cc3cncn3C)C2)c1. The van der Waals surface area contributed by atoms with E-state index < -0.39 is 10.0 Å². The molecule has 1 atom stereocenters. The number of rotatable bonds is 5. The first-order chi connectivity index (χ1) is 13.9. The molecule has 0 saturated heterocycles. The van der Waals surface area contributed by atoms with Gasteiger partial charge in [0.15, 0.2) is 0 Å². The molecule has 1 aromatic carbocycles. The van der Waals surface area contributed by atoms with Crippen molar-refractivity contribution in [2.75, 3.05) is 11.4 Å². The Balaban J connectivity index is 1.64. The molecule has 29 heavy (non-hydrogen) atoms. The number of aromatic nitrogens is 2. The Morgan fingerprint density at radius 1 is 1.38 bits per heavy atom. The number of benzene rings is 1. The molecule has 3 aromatic rings. The number of thiophene rings is 1. The van der Waals surface area contributed by atoms with Crippen molar-refractivity contribution in [3.63, 3.8) is 0 Å². The number of fused-ring (bicyclic) bond motifs is 1. The highest BCUT2D eigenvalue weighted by atomic mass is 32.2. The summed E-state index contributed by atoms with van der Waals surface area (Å²) in [5, 5.41) is 11.1. The van der Waals surface area contributed by atoms with Crippen molar-refractivity contribution in [2.24, 2.45) is 7.05 Å². The van der Waals surface area contributed by atoms with E-state index in [0.29, 0.717) is 29.3 Å². The molecule has 1 unspecified atom stereocenters. The first kappa shape index (κ1) is 19.6. The predicted octanol–water partition coefficient (Wildman–Crippen LogP) is 2.57. The summed E-state index contributed by atoms with van der Waals surface area (Å²) >= 11 is 1.22. The van der Waals surface area contributed by atoms with Gasteiger partial charge < -0.3 is 9.47 Å². The van der Waals surface area contributed by atoms with Gasteiger partial charge in [-0.2, -0.15) is 5.26 Å². The molecular formula is C20H21N5O2S2. The first-order valence-electron chi connectivity index (χ1n) is 9.16. The maximum atomic E-state index is 12.8. The van der Waals surface area contributed by atoms with Gasteiger partial charge in [0.05, 0.1) is 30.2 Å². The van der Waals surface area contributed by atoms with Crippen LogP contribution in [-0.4, -0.2) is 30.6 Å². The van der Waals surface area contributed by atoms with Crippen LogP contribution in [0.3, 0.4) is 0 Å². The molecule has 0 aliphatic carbocycles. The van der Waals surface area contributed by atoms with Crippen LogP contribution in [0, 0.1) is 18.3 Å². The van der Waals surface area contributed by atoms with Gasteiger partial charge >= 0.3 is 0 Å². The van der Waals surface area contributed by atoms with E-state index in [1.54, 1.807) is 18.5 Å². The predicted molar refractivity (Wildman–Crippen MR) is 112 cm³/mol. The summed E-state index contributed by atoms with van der Waals surface area (Å²) in [6.07, 6.45) is 4.10. The molecular weight excluding hydrogens is 406 g/mol. The minimum atomic E-state index is -3.59. The third kappa shape index (κ3) is 4.05. The van der Waals surface area contributed by atoms with Gasteiger partial charge in [-0.25, -0.2) is 18.1 Å². The molecule has 0 amide bonds. The number of imidazole rings is 1. The lowest BCUT2D eigenvalue weighted by molar-refractivity contribution is 0.523. The number of hydrogen-bond donors (Lipinski definition) is 1. The molecule has 1 N–H and O–H groups in total. The molecule has 0 fully saturated rings. The van der Waals surface area contributed by atoms with Gasteiger partial charge in [0.2, 0.25) is 10.0 Å². The van der Waals surface area contributed by atoms with E-state index in [-0.39, 0.29) is 6.04 Å². The minimum Gasteiger partial charge on any atom is -0.364 e. The summed E-state index contributed by atoms with van der Waals surface area (Å²) in [7, 11) is -1.66. The summed E-state index contributed by atoms with van der Waals surface area (Å²) < 4.78 is 30.8. The number of hydrogen-bond acceptors (Lipinski definition) is 6. The monoisotopic (exact) mass is 427 g/mol. The van der Waals surface area contributed by atoms with E-state index >= 15 is 0 Å². The van der Waals surface area contributed by atoms with E-state index in [1.807, 2.05) is 42.2 Å². The molecule has 0 saturated carbocycles. The third-order valence-corrected chi connectivity index (χ3v) is 8.10. The van der Waals surface area contributed by atoms with Gasteiger partial charge in [-0.15, -0.1) is 11.3 Å². The maximum absolute atomic E-state index is 12.8. The second-order valence-electron chi connectivity index (χ2n) is 7.30. The van der Waals surface area contributed by atoms with Crippen LogP contribution in [-0.2, 0) is 30.0 Å². The Morgan fingerprint density at radius 3 is 2.86 bits per heavy atom. The topological polar surface area (TPSA) is 91.0 Å². The summed E-state index contributed by atoms with van der Waals surface area (Å²) in [5.74, 6) is 0. The fourth-order valence-electron chi connectivity index (χ4n) is 3.61. The highest BCUT2D eigenvalue weighted by molar-refractivity contribution is 7.91. The lowest BCUT2D eigenvalue weighted by atomic mass is 9.96. The van der Waals surface area contributed by atoms with Crippen LogP contribution in [0.15, 0.2) is 46.4 Å². The molecule has 0 bridgehead atoms. The summed E-state index contributed by atoms with van der Waals surface area (Å²) in [5.41, 5.74) is 4.51. The molecule has 4 rings (SSSR count). The third-order valence-electron chi connectivity index (χ3n) is 5.02. The number of aryl methyl sites for hydroxylation is 2. The van der Waals surface area contributed by atoms with Crippen molar-refractivity contribution < 1.29 is 8.42 Å². The van der Waals surface area contributed by atoms with Crippen molar-refractivity contribution in [1.82, 2.24) is 14.3 Å². The average molecular weight is 428 g/mol. The Hall–Kier alpha value is -2.67. The van der Waals surface area contributed by atoms with Crippen molar-refractivity contribution in [2.45, 2.75) is 30.1 Å². The number of nitrogens with one attached hydrogen (secondary N) is 1. The second kappa shape index (κ2) is 7.63. The summed E-state index contributed by atoms with van der Waals surface area (Å²) in [6, 6.07) is 9.15. The lowest BCUT2D eigenvalue weighted by Crippen LogP contribution is -2.48. The lowest BCUT2D eigenvalue weighted by Gasteiger charge is -2.36. The van der Waals surface area contributed by atoms with Crippen molar-refractivity contribution in [1.29, 1.82) is 5.26 Å². The first-order valence-corrected chi connectivity index (χ1v) is 11.5. The van der Waals surface area contributed by atoms with Crippen LogP contribution in [0.2, 0.25) is 0 Å². The maximum Gasteiger partial charge on any atom is 0.250 e. The Labute approximate surface area is 174 Å². The van der Waals surface area contributed by atoms with E-state index in [9.17, 15) is 13.7 Å². The van der Waals surface area contributed by atoms with Crippen LogP contribution in [0.5, 0.6) is 0 Å². The fourth-order valence-corrected chi connectivity index (χ4v) is 6.08. The van der Waals surface area contributed by atoms with Crippen LogP contribution in [0.4, 0.5) is 5.69 Å². The van der Waals surface area contributed by atoms with Gasteiger partial charge in [0.25, 0.3) is 0 Å². The highest BCUT2D eigenvalue weighted by Gasteiger charge is 2.29. The molecule has 3 heterocycles. The van der Waals surface area contributed by atoms with E-state index in [2.05, 4.69) is 20.7 Å². The number of anilines is 1. The van der Waals surface area contributed by atoms with Crippen molar-refractivity contribution >= 4 is 27.0 Å². The van der Waals surface area contributed by atoms with Crippen LogP contribution < -0.4 is 9.62 Å². The number of nitriles is 1. The molecule has 1 aliphatic rings. The normalized spacial score (nSPS) is 16.4. The minimum absolute atomic E-state index is 0.294. The van der Waals surface area contributed by atoms with Gasteiger partial charge in [0.1, 0.15) is 4.21 Å². The zero-order chi connectivity index (χ0) is 20.6. The van der Waals surface area contributed by atoms with Gasteiger partial charge in [-0.05, 0) is 54.1 Å². The van der Waals surface area contributed by atoms with E-state index in [4.69, 9.17) is 0 Å².